The van der Waals surface area contributed by atoms with Crippen molar-refractivity contribution in [3.05, 3.63) is 65.5 Å². The van der Waals surface area contributed by atoms with Crippen LogP contribution >= 0.6 is 0 Å². The highest BCUT2D eigenvalue weighted by molar-refractivity contribution is 5.76. The highest BCUT2D eigenvalue weighted by Gasteiger charge is 2.11. The van der Waals surface area contributed by atoms with E-state index in [2.05, 4.69) is 0 Å². The molecule has 0 aliphatic heterocycles. The molecule has 0 aromatic heterocycles. The zero-order valence-corrected chi connectivity index (χ0v) is 13.9. The molecule has 0 unspecified atom stereocenters. The highest BCUT2D eigenvalue weighted by atomic mass is 19.1. The molecule has 2 aromatic rings. The van der Waals surface area contributed by atoms with E-state index in [4.69, 9.17) is 0 Å². The maximum absolute atomic E-state index is 13.6. The number of amides is 1. The van der Waals surface area contributed by atoms with Gasteiger partial charge in [0.15, 0.2) is 0 Å². The molecule has 0 spiro atoms. The van der Waals surface area contributed by atoms with Crippen LogP contribution in [0, 0.1) is 5.82 Å². The number of halogens is 1. The molecule has 0 aliphatic rings. The number of nitrogens with zero attached hydrogens (tertiary/aromatic N) is 2. The molecule has 122 valence electrons. The van der Waals surface area contributed by atoms with Gasteiger partial charge in [0.25, 0.3) is 0 Å². The Morgan fingerprint density at radius 1 is 1.00 bits per heavy atom. The van der Waals surface area contributed by atoms with E-state index in [9.17, 15) is 9.18 Å². The van der Waals surface area contributed by atoms with Gasteiger partial charge in [-0.25, -0.2) is 4.39 Å². The Kier molecular flexibility index (Phi) is 5.74. The van der Waals surface area contributed by atoms with Crippen molar-refractivity contribution >= 4 is 11.6 Å². The minimum absolute atomic E-state index is 0.0185. The molecule has 2 aromatic carbocycles. The summed E-state index contributed by atoms with van der Waals surface area (Å²) in [6.45, 7) is 0.559. The molecule has 4 heteroatoms. The van der Waals surface area contributed by atoms with Gasteiger partial charge >= 0.3 is 0 Å². The lowest BCUT2D eigenvalue weighted by Gasteiger charge is -2.18. The first kappa shape index (κ1) is 17.0. The second-order valence-electron chi connectivity index (χ2n) is 5.90. The summed E-state index contributed by atoms with van der Waals surface area (Å²) in [6.07, 6.45) is 0.739. The smallest absolute Gasteiger partial charge is 0.222 e. The van der Waals surface area contributed by atoms with Gasteiger partial charge in [-0.3, -0.25) is 4.79 Å². The van der Waals surface area contributed by atoms with E-state index in [0.717, 1.165) is 11.3 Å². The van der Waals surface area contributed by atoms with E-state index in [1.807, 2.05) is 43.3 Å². The molecule has 0 N–H and O–H groups in total. The number of carbonyl (C=O) groups excluding carboxylic acids is 1. The molecule has 3 nitrogen and oxygen atoms in total. The van der Waals surface area contributed by atoms with Crippen molar-refractivity contribution in [3.63, 3.8) is 0 Å². The lowest BCUT2D eigenvalue weighted by atomic mass is 10.1. The van der Waals surface area contributed by atoms with Crippen molar-refractivity contribution in [1.29, 1.82) is 0 Å². The van der Waals surface area contributed by atoms with Crippen molar-refractivity contribution in [1.82, 2.24) is 4.90 Å². The summed E-state index contributed by atoms with van der Waals surface area (Å²) in [5, 5.41) is 0. The number of benzene rings is 2. The van der Waals surface area contributed by atoms with Crippen LogP contribution in [-0.2, 0) is 17.8 Å². The number of hydrogen-bond acceptors (Lipinski definition) is 2. The van der Waals surface area contributed by atoms with Gasteiger partial charge in [0.05, 0.1) is 0 Å². The first-order valence-electron chi connectivity index (χ1n) is 7.71. The maximum atomic E-state index is 13.6. The normalized spacial score (nSPS) is 10.4. The van der Waals surface area contributed by atoms with Crippen molar-refractivity contribution in [2.24, 2.45) is 0 Å². The molecular weight excluding hydrogens is 291 g/mol. The quantitative estimate of drug-likeness (QED) is 0.815. The average molecular weight is 314 g/mol. The van der Waals surface area contributed by atoms with Crippen LogP contribution in [0.5, 0.6) is 0 Å². The number of hydrogen-bond donors (Lipinski definition) is 0. The Morgan fingerprint density at radius 2 is 1.65 bits per heavy atom. The molecular formula is C19H23FN2O. The van der Waals surface area contributed by atoms with Crippen LogP contribution in [0.15, 0.2) is 48.5 Å². The molecule has 0 heterocycles. The van der Waals surface area contributed by atoms with Crippen LogP contribution in [0.4, 0.5) is 10.1 Å². The van der Waals surface area contributed by atoms with E-state index < -0.39 is 0 Å². The van der Waals surface area contributed by atoms with Crippen LogP contribution in [-0.4, -0.2) is 32.0 Å². The molecule has 2 rings (SSSR count). The molecule has 0 saturated carbocycles. The van der Waals surface area contributed by atoms with E-state index in [0.29, 0.717) is 24.9 Å². The largest absolute Gasteiger partial charge is 0.378 e. The van der Waals surface area contributed by atoms with E-state index >= 15 is 0 Å². The van der Waals surface area contributed by atoms with Crippen LogP contribution in [0.1, 0.15) is 17.5 Å². The van der Waals surface area contributed by atoms with Crippen molar-refractivity contribution in [2.45, 2.75) is 19.4 Å². The van der Waals surface area contributed by atoms with Gasteiger partial charge in [0, 0.05) is 39.8 Å². The lowest BCUT2D eigenvalue weighted by molar-refractivity contribution is -0.130. The van der Waals surface area contributed by atoms with Crippen LogP contribution in [0.25, 0.3) is 0 Å². The topological polar surface area (TPSA) is 23.6 Å². The van der Waals surface area contributed by atoms with Crippen molar-refractivity contribution in [2.75, 3.05) is 26.0 Å². The fraction of sp³-hybridized carbons (Fsp3) is 0.316. The van der Waals surface area contributed by atoms with E-state index in [1.54, 1.807) is 30.1 Å². The summed E-state index contributed by atoms with van der Waals surface area (Å²) in [5.74, 6) is -0.229. The third-order valence-electron chi connectivity index (χ3n) is 3.86. The van der Waals surface area contributed by atoms with E-state index in [1.165, 1.54) is 6.07 Å². The van der Waals surface area contributed by atoms with Crippen molar-refractivity contribution < 1.29 is 9.18 Å². The zero-order chi connectivity index (χ0) is 16.8. The molecule has 1 amide bonds. The molecule has 0 fully saturated rings. The number of aryl methyl sites for hydroxylation is 1. The summed E-state index contributed by atoms with van der Waals surface area (Å²) in [4.78, 5) is 15.9. The summed E-state index contributed by atoms with van der Waals surface area (Å²) >= 11 is 0. The first-order chi connectivity index (χ1) is 11.0. The van der Waals surface area contributed by atoms with Gasteiger partial charge in [-0.2, -0.15) is 0 Å². The Labute approximate surface area is 137 Å². The Morgan fingerprint density at radius 3 is 2.26 bits per heavy atom. The standard InChI is InChI=1S/C19H23FN2O/c1-21(2)17-11-8-15(9-12-17)14-22(3)19(23)13-10-16-6-4-5-7-18(16)20/h4-9,11-12H,10,13-14H2,1-3H3. The van der Waals surface area contributed by atoms with Gasteiger partial charge in [-0.05, 0) is 35.7 Å². The number of rotatable bonds is 6. The number of anilines is 1. The summed E-state index contributed by atoms with van der Waals surface area (Å²) < 4.78 is 13.6. The Hall–Kier alpha value is -2.36. The SMILES string of the molecule is CN(Cc1ccc(N(C)C)cc1)C(=O)CCc1ccccc1F. The van der Waals surface area contributed by atoms with Crippen molar-refractivity contribution in [3.8, 4) is 0 Å². The van der Waals surface area contributed by atoms with Gasteiger partial charge in [-0.15, -0.1) is 0 Å². The Balaban J connectivity index is 1.88. The molecule has 0 bridgehead atoms. The van der Waals surface area contributed by atoms with E-state index in [-0.39, 0.29) is 11.7 Å². The van der Waals surface area contributed by atoms with Gasteiger partial charge < -0.3 is 9.80 Å². The molecule has 23 heavy (non-hydrogen) atoms. The minimum Gasteiger partial charge on any atom is -0.378 e. The second kappa shape index (κ2) is 7.77. The molecule has 0 atom stereocenters. The zero-order valence-electron chi connectivity index (χ0n) is 13.9. The third kappa shape index (κ3) is 4.81. The molecule has 0 aliphatic carbocycles. The highest BCUT2D eigenvalue weighted by Crippen LogP contribution is 2.14. The first-order valence-corrected chi connectivity index (χ1v) is 7.71. The second-order valence-corrected chi connectivity index (χ2v) is 5.90. The van der Waals surface area contributed by atoms with Gasteiger partial charge in [0.2, 0.25) is 5.91 Å². The minimum atomic E-state index is -0.248. The maximum Gasteiger partial charge on any atom is 0.222 e. The van der Waals surface area contributed by atoms with Crippen LogP contribution < -0.4 is 4.90 Å². The summed E-state index contributed by atoms with van der Waals surface area (Å²) in [5.41, 5.74) is 2.80. The van der Waals surface area contributed by atoms with Crippen LogP contribution in [0.3, 0.4) is 0 Å². The van der Waals surface area contributed by atoms with Gasteiger partial charge in [-0.1, -0.05) is 30.3 Å². The molecule has 0 radical (unpaired) electrons. The fourth-order valence-corrected chi connectivity index (χ4v) is 2.40. The Bertz CT molecular complexity index is 653. The van der Waals surface area contributed by atoms with Crippen LogP contribution in [0.2, 0.25) is 0 Å². The average Bonchev–Trinajstić information content (AvgIpc) is 2.54. The predicted octanol–water partition coefficient (Wildman–Crippen LogP) is 3.48. The lowest BCUT2D eigenvalue weighted by Crippen LogP contribution is -2.26. The summed E-state index contributed by atoms with van der Waals surface area (Å²) in [6, 6.07) is 14.7. The molecule has 0 saturated heterocycles. The third-order valence-corrected chi connectivity index (χ3v) is 3.86. The van der Waals surface area contributed by atoms with Gasteiger partial charge in [0.1, 0.15) is 5.82 Å². The fourth-order valence-electron chi connectivity index (χ4n) is 2.40. The predicted molar refractivity (Wildman–Crippen MR) is 92.0 cm³/mol. The summed E-state index contributed by atoms with van der Waals surface area (Å²) in [7, 11) is 5.77. The number of carbonyl (C=O) groups is 1. The monoisotopic (exact) mass is 314 g/mol.